The molecule has 1 saturated heterocycles. The molecule has 0 bridgehead atoms. The Bertz CT molecular complexity index is 513. The fourth-order valence-electron chi connectivity index (χ4n) is 2.29. The van der Waals surface area contributed by atoms with Crippen molar-refractivity contribution in [3.63, 3.8) is 0 Å². The van der Waals surface area contributed by atoms with Crippen LogP contribution in [0.15, 0.2) is 17.0 Å². The van der Waals surface area contributed by atoms with Gasteiger partial charge in [-0.25, -0.2) is 0 Å². The molecule has 1 aromatic rings. The highest BCUT2D eigenvalue weighted by Gasteiger charge is 2.24. The van der Waals surface area contributed by atoms with E-state index in [1.807, 2.05) is 6.26 Å². The minimum atomic E-state index is -0.137. The molecule has 1 amide bonds. The van der Waals surface area contributed by atoms with Crippen molar-refractivity contribution >= 4 is 53.3 Å². The number of hydrogen-bond acceptors (Lipinski definition) is 3. The number of rotatable bonds is 3. The minimum absolute atomic E-state index is 0. The first kappa shape index (κ1) is 18.9. The van der Waals surface area contributed by atoms with Gasteiger partial charge in [0, 0.05) is 17.5 Å². The normalized spacial score (nSPS) is 21.5. The van der Waals surface area contributed by atoms with Crippen LogP contribution < -0.4 is 10.6 Å². The molecule has 0 saturated carbocycles. The van der Waals surface area contributed by atoms with E-state index < -0.39 is 0 Å². The lowest BCUT2D eigenvalue weighted by Gasteiger charge is -2.30. The Labute approximate surface area is 145 Å². The van der Waals surface area contributed by atoms with Gasteiger partial charge in [-0.15, -0.1) is 24.2 Å². The first-order chi connectivity index (χ1) is 9.52. The second kappa shape index (κ2) is 8.49. The Morgan fingerprint density at radius 2 is 2.10 bits per heavy atom. The highest BCUT2D eigenvalue weighted by Crippen LogP contribution is 2.31. The largest absolute Gasteiger partial charge is 0.348 e. The zero-order chi connectivity index (χ0) is 14.7. The Hall–Kier alpha value is -0.130. The SMILES string of the molecule is CSc1cc(C(=O)NC2CNCCC2C)c(Cl)cc1Cl.Cl. The summed E-state index contributed by atoms with van der Waals surface area (Å²) in [7, 11) is 0. The Balaban J connectivity index is 0.00000220. The fourth-order valence-corrected chi connectivity index (χ4v) is 3.48. The Kier molecular flexibility index (Phi) is 7.65. The predicted octanol–water partition coefficient (Wildman–Crippen LogP) is 3.86. The van der Waals surface area contributed by atoms with Crippen LogP contribution in [0.25, 0.3) is 0 Å². The topological polar surface area (TPSA) is 41.1 Å². The van der Waals surface area contributed by atoms with E-state index in [0.717, 1.165) is 24.4 Å². The molecule has 7 heteroatoms. The Morgan fingerprint density at radius 1 is 1.38 bits per heavy atom. The van der Waals surface area contributed by atoms with Crippen molar-refractivity contribution in [3.8, 4) is 0 Å². The standard InChI is InChI=1S/C14H18Cl2N2OS.ClH/c1-8-3-4-17-7-12(8)18-14(19)9-5-13(20-2)11(16)6-10(9)15;/h5-6,8,12,17H,3-4,7H2,1-2H3,(H,18,19);1H. The summed E-state index contributed by atoms with van der Waals surface area (Å²) in [5.41, 5.74) is 0.484. The van der Waals surface area contributed by atoms with Gasteiger partial charge in [-0.05, 0) is 37.3 Å². The third kappa shape index (κ3) is 4.67. The number of amides is 1. The molecule has 1 aliphatic heterocycles. The van der Waals surface area contributed by atoms with Crippen molar-refractivity contribution in [2.75, 3.05) is 19.3 Å². The summed E-state index contributed by atoms with van der Waals surface area (Å²) in [6, 6.07) is 3.53. The van der Waals surface area contributed by atoms with Gasteiger partial charge in [0.1, 0.15) is 0 Å². The van der Waals surface area contributed by atoms with Gasteiger partial charge in [-0.3, -0.25) is 4.79 Å². The summed E-state index contributed by atoms with van der Waals surface area (Å²) < 4.78 is 0. The minimum Gasteiger partial charge on any atom is -0.348 e. The maximum atomic E-state index is 12.4. The van der Waals surface area contributed by atoms with E-state index in [1.54, 1.807) is 12.1 Å². The van der Waals surface area contributed by atoms with Crippen LogP contribution in [0.4, 0.5) is 0 Å². The number of hydrogen-bond donors (Lipinski definition) is 2. The highest BCUT2D eigenvalue weighted by atomic mass is 35.5. The molecule has 0 spiro atoms. The van der Waals surface area contributed by atoms with Gasteiger partial charge in [0.2, 0.25) is 0 Å². The summed E-state index contributed by atoms with van der Waals surface area (Å²) in [6.45, 7) is 3.96. The number of carbonyl (C=O) groups is 1. The molecule has 0 aromatic heterocycles. The zero-order valence-corrected chi connectivity index (χ0v) is 15.1. The number of piperidine rings is 1. The quantitative estimate of drug-likeness (QED) is 0.795. The van der Waals surface area contributed by atoms with Crippen molar-refractivity contribution in [2.45, 2.75) is 24.3 Å². The van der Waals surface area contributed by atoms with Crippen molar-refractivity contribution in [3.05, 3.63) is 27.7 Å². The van der Waals surface area contributed by atoms with Crippen molar-refractivity contribution in [2.24, 2.45) is 5.92 Å². The zero-order valence-electron chi connectivity index (χ0n) is 11.9. The van der Waals surface area contributed by atoms with E-state index in [1.165, 1.54) is 11.8 Å². The molecule has 1 aromatic carbocycles. The molecule has 2 rings (SSSR count). The number of halogens is 3. The van der Waals surface area contributed by atoms with Gasteiger partial charge in [-0.1, -0.05) is 30.1 Å². The number of nitrogens with one attached hydrogen (secondary N) is 2. The molecule has 2 unspecified atom stereocenters. The van der Waals surface area contributed by atoms with E-state index in [-0.39, 0.29) is 24.4 Å². The van der Waals surface area contributed by atoms with Crippen LogP contribution in [0, 0.1) is 5.92 Å². The van der Waals surface area contributed by atoms with Gasteiger partial charge in [0.05, 0.1) is 15.6 Å². The third-order valence-electron chi connectivity index (χ3n) is 3.63. The van der Waals surface area contributed by atoms with Crippen molar-refractivity contribution in [1.82, 2.24) is 10.6 Å². The first-order valence-electron chi connectivity index (χ1n) is 6.57. The second-order valence-corrected chi connectivity index (χ2v) is 6.68. The van der Waals surface area contributed by atoms with Gasteiger partial charge in [-0.2, -0.15) is 0 Å². The molecular weight excluding hydrogens is 351 g/mol. The molecule has 0 aliphatic carbocycles. The van der Waals surface area contributed by atoms with E-state index in [0.29, 0.717) is 21.5 Å². The number of carbonyl (C=O) groups excluding carboxylic acids is 1. The van der Waals surface area contributed by atoms with Gasteiger partial charge in [0.25, 0.3) is 5.91 Å². The molecule has 21 heavy (non-hydrogen) atoms. The number of thioether (sulfide) groups is 1. The first-order valence-corrected chi connectivity index (χ1v) is 8.55. The van der Waals surface area contributed by atoms with Crippen LogP contribution in [0.3, 0.4) is 0 Å². The average Bonchev–Trinajstić information content (AvgIpc) is 2.41. The number of benzene rings is 1. The molecule has 1 heterocycles. The smallest absolute Gasteiger partial charge is 0.253 e. The average molecular weight is 370 g/mol. The van der Waals surface area contributed by atoms with E-state index in [4.69, 9.17) is 23.2 Å². The van der Waals surface area contributed by atoms with Gasteiger partial charge in [0.15, 0.2) is 0 Å². The second-order valence-electron chi connectivity index (χ2n) is 5.02. The molecule has 1 aliphatic rings. The summed E-state index contributed by atoms with van der Waals surface area (Å²) in [6.07, 6.45) is 2.99. The molecule has 118 valence electrons. The van der Waals surface area contributed by atoms with Crippen LogP contribution in [0.5, 0.6) is 0 Å². The van der Waals surface area contributed by atoms with Gasteiger partial charge < -0.3 is 10.6 Å². The van der Waals surface area contributed by atoms with Crippen molar-refractivity contribution in [1.29, 1.82) is 0 Å². The Morgan fingerprint density at radius 3 is 2.71 bits per heavy atom. The lowest BCUT2D eigenvalue weighted by Crippen LogP contribution is -2.50. The van der Waals surface area contributed by atoms with Crippen LogP contribution in [-0.4, -0.2) is 31.3 Å². The fraction of sp³-hybridized carbons (Fsp3) is 0.500. The van der Waals surface area contributed by atoms with Crippen molar-refractivity contribution < 1.29 is 4.79 Å². The molecule has 2 N–H and O–H groups in total. The summed E-state index contributed by atoms with van der Waals surface area (Å²) in [5.74, 6) is 0.328. The molecular formula is C14H19Cl3N2OS. The lowest BCUT2D eigenvalue weighted by molar-refractivity contribution is 0.0915. The summed E-state index contributed by atoms with van der Waals surface area (Å²) in [5, 5.41) is 7.32. The maximum Gasteiger partial charge on any atom is 0.253 e. The van der Waals surface area contributed by atoms with Crippen LogP contribution in [0.2, 0.25) is 10.0 Å². The summed E-state index contributed by atoms with van der Waals surface area (Å²) in [4.78, 5) is 13.2. The molecule has 3 nitrogen and oxygen atoms in total. The molecule has 1 fully saturated rings. The third-order valence-corrected chi connectivity index (χ3v) is 5.15. The predicted molar refractivity (Wildman–Crippen MR) is 93.4 cm³/mol. The maximum absolute atomic E-state index is 12.4. The highest BCUT2D eigenvalue weighted by molar-refractivity contribution is 7.98. The monoisotopic (exact) mass is 368 g/mol. The van der Waals surface area contributed by atoms with E-state index >= 15 is 0 Å². The van der Waals surface area contributed by atoms with E-state index in [2.05, 4.69) is 17.6 Å². The van der Waals surface area contributed by atoms with Crippen LogP contribution in [0.1, 0.15) is 23.7 Å². The molecule has 2 atom stereocenters. The summed E-state index contributed by atoms with van der Waals surface area (Å²) >= 11 is 13.7. The lowest BCUT2D eigenvalue weighted by atomic mass is 9.94. The molecule has 0 radical (unpaired) electrons. The van der Waals surface area contributed by atoms with Crippen LogP contribution >= 0.6 is 47.4 Å². The van der Waals surface area contributed by atoms with Gasteiger partial charge >= 0.3 is 0 Å². The van der Waals surface area contributed by atoms with Crippen LogP contribution in [-0.2, 0) is 0 Å². The van der Waals surface area contributed by atoms with E-state index in [9.17, 15) is 4.79 Å².